The molecule has 1 aromatic carbocycles. The van der Waals surface area contributed by atoms with Gasteiger partial charge in [0, 0.05) is 19.1 Å². The molecule has 1 amide bonds. The first-order valence-electron chi connectivity index (χ1n) is 7.31. The number of carbonyl (C=O) groups excluding carboxylic acids is 1. The number of benzene rings is 1. The lowest BCUT2D eigenvalue weighted by molar-refractivity contribution is -0.117. The molecule has 1 unspecified atom stereocenters. The van der Waals surface area contributed by atoms with Crippen molar-refractivity contribution >= 4 is 11.6 Å². The van der Waals surface area contributed by atoms with E-state index in [2.05, 4.69) is 35.2 Å². The second-order valence-electron chi connectivity index (χ2n) is 5.64. The maximum absolute atomic E-state index is 12.2. The molecule has 2 rings (SSSR count). The molecule has 0 spiro atoms. The Morgan fingerprint density at radius 1 is 1.43 bits per heavy atom. The van der Waals surface area contributed by atoms with E-state index in [1.54, 1.807) is 18.2 Å². The van der Waals surface area contributed by atoms with Gasteiger partial charge in [-0.1, -0.05) is 12.1 Å². The Labute approximate surface area is 126 Å². The second-order valence-corrected chi connectivity index (χ2v) is 5.64. The van der Waals surface area contributed by atoms with Crippen LogP contribution in [0.5, 0.6) is 0 Å². The van der Waals surface area contributed by atoms with Crippen molar-refractivity contribution in [3.63, 3.8) is 0 Å². The van der Waals surface area contributed by atoms with E-state index in [-0.39, 0.29) is 5.91 Å². The predicted octanol–water partition coefficient (Wildman–Crippen LogP) is 1.52. The van der Waals surface area contributed by atoms with Crippen molar-refractivity contribution in [2.75, 3.05) is 38.5 Å². The average Bonchev–Trinajstić information content (AvgIpc) is 2.61. The van der Waals surface area contributed by atoms with E-state index in [1.807, 2.05) is 6.07 Å². The van der Waals surface area contributed by atoms with Crippen molar-refractivity contribution < 1.29 is 4.79 Å². The summed E-state index contributed by atoms with van der Waals surface area (Å²) in [7, 11) is 2.11. The first-order valence-corrected chi connectivity index (χ1v) is 7.31. The number of rotatable bonds is 3. The van der Waals surface area contributed by atoms with Crippen molar-refractivity contribution in [2.24, 2.45) is 0 Å². The quantitative estimate of drug-likeness (QED) is 0.915. The van der Waals surface area contributed by atoms with E-state index >= 15 is 0 Å². The molecule has 1 N–H and O–H groups in total. The summed E-state index contributed by atoms with van der Waals surface area (Å²) in [6, 6.07) is 9.53. The van der Waals surface area contributed by atoms with Gasteiger partial charge < -0.3 is 10.2 Å². The highest BCUT2D eigenvalue weighted by atomic mass is 16.2. The fourth-order valence-electron chi connectivity index (χ4n) is 2.72. The lowest BCUT2D eigenvalue weighted by atomic mass is 10.2. The van der Waals surface area contributed by atoms with Crippen LogP contribution in [-0.2, 0) is 4.79 Å². The highest BCUT2D eigenvalue weighted by molar-refractivity contribution is 5.93. The molecule has 5 nitrogen and oxygen atoms in total. The topological polar surface area (TPSA) is 59.4 Å². The van der Waals surface area contributed by atoms with Crippen LogP contribution in [0.3, 0.4) is 0 Å². The number of nitrogens with one attached hydrogen (secondary N) is 1. The molecule has 112 valence electrons. The molecule has 1 saturated heterocycles. The molecule has 1 aliphatic heterocycles. The number of para-hydroxylation sites is 1. The minimum atomic E-state index is -0.0610. The van der Waals surface area contributed by atoms with E-state index in [9.17, 15) is 4.79 Å². The zero-order valence-corrected chi connectivity index (χ0v) is 12.7. The molecule has 0 bridgehead atoms. The largest absolute Gasteiger partial charge is 0.324 e. The minimum Gasteiger partial charge on any atom is -0.324 e. The lowest BCUT2D eigenvalue weighted by Gasteiger charge is -2.27. The Morgan fingerprint density at radius 3 is 2.95 bits per heavy atom. The van der Waals surface area contributed by atoms with Crippen molar-refractivity contribution in [1.29, 1.82) is 5.26 Å². The molecule has 1 aromatic rings. The SMILES string of the molecule is CC1CN(C)CCCN1CC(=O)Nc1ccccc1C#N. The van der Waals surface area contributed by atoms with Crippen molar-refractivity contribution in [2.45, 2.75) is 19.4 Å². The van der Waals surface area contributed by atoms with Crippen molar-refractivity contribution in [3.8, 4) is 6.07 Å². The van der Waals surface area contributed by atoms with Crippen LogP contribution in [0.4, 0.5) is 5.69 Å². The molecule has 1 atom stereocenters. The van der Waals surface area contributed by atoms with E-state index in [4.69, 9.17) is 5.26 Å². The van der Waals surface area contributed by atoms with E-state index in [0.29, 0.717) is 23.8 Å². The zero-order chi connectivity index (χ0) is 15.2. The summed E-state index contributed by atoms with van der Waals surface area (Å²) >= 11 is 0. The summed E-state index contributed by atoms with van der Waals surface area (Å²) in [5, 5.41) is 11.9. The maximum atomic E-state index is 12.2. The monoisotopic (exact) mass is 286 g/mol. The summed E-state index contributed by atoms with van der Waals surface area (Å²) in [4.78, 5) is 16.7. The third-order valence-corrected chi connectivity index (χ3v) is 3.85. The highest BCUT2D eigenvalue weighted by Gasteiger charge is 2.21. The number of carbonyl (C=O) groups is 1. The molecule has 1 heterocycles. The second kappa shape index (κ2) is 7.21. The van der Waals surface area contributed by atoms with Crippen molar-refractivity contribution in [3.05, 3.63) is 29.8 Å². The Hall–Kier alpha value is -1.90. The van der Waals surface area contributed by atoms with Gasteiger partial charge in [0.05, 0.1) is 17.8 Å². The normalized spacial score (nSPS) is 20.5. The number of nitrogens with zero attached hydrogens (tertiary/aromatic N) is 3. The summed E-state index contributed by atoms with van der Waals surface area (Å²) in [5.41, 5.74) is 1.08. The molecule has 0 radical (unpaired) electrons. The number of amides is 1. The third-order valence-electron chi connectivity index (χ3n) is 3.85. The van der Waals surface area contributed by atoms with Gasteiger partial charge >= 0.3 is 0 Å². The van der Waals surface area contributed by atoms with E-state index in [1.165, 1.54) is 0 Å². The fraction of sp³-hybridized carbons (Fsp3) is 0.500. The zero-order valence-electron chi connectivity index (χ0n) is 12.7. The maximum Gasteiger partial charge on any atom is 0.238 e. The molecule has 1 fully saturated rings. The first kappa shape index (κ1) is 15.5. The summed E-state index contributed by atoms with van der Waals surface area (Å²) in [6.07, 6.45) is 1.07. The third kappa shape index (κ3) is 4.28. The number of anilines is 1. The molecule has 1 aliphatic rings. The van der Waals surface area contributed by atoms with E-state index < -0.39 is 0 Å². The van der Waals surface area contributed by atoms with Gasteiger partial charge in [-0.3, -0.25) is 9.69 Å². The van der Waals surface area contributed by atoms with Gasteiger partial charge in [0.15, 0.2) is 0 Å². The van der Waals surface area contributed by atoms with Gasteiger partial charge in [-0.15, -0.1) is 0 Å². The van der Waals surface area contributed by atoms with Crippen LogP contribution in [0.1, 0.15) is 18.9 Å². The lowest BCUT2D eigenvalue weighted by Crippen LogP contribution is -2.42. The highest BCUT2D eigenvalue weighted by Crippen LogP contribution is 2.14. The number of likely N-dealkylation sites (N-methyl/N-ethyl adjacent to an activating group) is 1. The van der Waals surface area contributed by atoms with Gasteiger partial charge in [0.1, 0.15) is 6.07 Å². The van der Waals surface area contributed by atoms with Crippen LogP contribution in [-0.4, -0.2) is 55.0 Å². The van der Waals surface area contributed by atoms with Crippen LogP contribution in [0.25, 0.3) is 0 Å². The van der Waals surface area contributed by atoms with Crippen LogP contribution in [0.15, 0.2) is 24.3 Å². The van der Waals surface area contributed by atoms with Crippen LogP contribution in [0.2, 0.25) is 0 Å². The van der Waals surface area contributed by atoms with Gasteiger partial charge in [-0.05, 0) is 39.1 Å². The first-order chi connectivity index (χ1) is 10.1. The number of nitriles is 1. The molecule has 0 saturated carbocycles. The minimum absolute atomic E-state index is 0.0610. The van der Waals surface area contributed by atoms with Crippen LogP contribution >= 0.6 is 0 Å². The van der Waals surface area contributed by atoms with Gasteiger partial charge in [-0.2, -0.15) is 5.26 Å². The molecule has 0 aliphatic carbocycles. The van der Waals surface area contributed by atoms with Crippen LogP contribution in [0, 0.1) is 11.3 Å². The smallest absolute Gasteiger partial charge is 0.238 e. The standard InChI is InChI=1S/C16H22N4O/c1-13-11-19(2)8-5-9-20(13)12-16(21)18-15-7-4-3-6-14(15)10-17/h3-4,6-7,13H,5,8-9,11-12H2,1-2H3,(H,18,21). The summed E-state index contributed by atoms with van der Waals surface area (Å²) in [6.45, 7) is 5.49. The molecule has 21 heavy (non-hydrogen) atoms. The number of hydrogen-bond donors (Lipinski definition) is 1. The summed E-state index contributed by atoms with van der Waals surface area (Å²) < 4.78 is 0. The Balaban J connectivity index is 1.96. The Kier molecular flexibility index (Phi) is 5.32. The fourth-order valence-corrected chi connectivity index (χ4v) is 2.72. The Bertz CT molecular complexity index is 537. The van der Waals surface area contributed by atoms with Crippen LogP contribution < -0.4 is 5.32 Å². The van der Waals surface area contributed by atoms with Gasteiger partial charge in [0.25, 0.3) is 0 Å². The molecular weight excluding hydrogens is 264 g/mol. The van der Waals surface area contributed by atoms with Gasteiger partial charge in [-0.25, -0.2) is 0 Å². The Morgan fingerprint density at radius 2 is 2.19 bits per heavy atom. The summed E-state index contributed by atoms with van der Waals surface area (Å²) in [5.74, 6) is -0.0610. The average molecular weight is 286 g/mol. The van der Waals surface area contributed by atoms with Crippen molar-refractivity contribution in [1.82, 2.24) is 9.80 Å². The van der Waals surface area contributed by atoms with Gasteiger partial charge in [0.2, 0.25) is 5.91 Å². The molecule has 0 aromatic heterocycles. The number of hydrogen-bond acceptors (Lipinski definition) is 4. The molecular formula is C16H22N4O. The van der Waals surface area contributed by atoms with E-state index in [0.717, 1.165) is 26.1 Å². The molecule has 5 heteroatoms. The predicted molar refractivity (Wildman–Crippen MR) is 82.9 cm³/mol.